The van der Waals surface area contributed by atoms with E-state index in [1.165, 1.54) is 0 Å². The molecule has 6 nitrogen and oxygen atoms in total. The van der Waals surface area contributed by atoms with E-state index in [2.05, 4.69) is 15.2 Å². The van der Waals surface area contributed by atoms with E-state index >= 15 is 0 Å². The summed E-state index contributed by atoms with van der Waals surface area (Å²) in [5, 5.41) is 6.46. The summed E-state index contributed by atoms with van der Waals surface area (Å²) in [7, 11) is 0. The Morgan fingerprint density at radius 2 is 1.71 bits per heavy atom. The lowest BCUT2D eigenvalue weighted by Crippen LogP contribution is -2.28. The molecule has 0 amide bonds. The van der Waals surface area contributed by atoms with Gasteiger partial charge in [-0.05, 0) is 37.0 Å². The van der Waals surface area contributed by atoms with E-state index in [1.807, 2.05) is 0 Å². The fraction of sp³-hybridized carbons (Fsp3) is 0.391. The van der Waals surface area contributed by atoms with Crippen molar-refractivity contribution in [1.29, 1.82) is 0 Å². The van der Waals surface area contributed by atoms with Crippen LogP contribution in [0, 0.1) is 0 Å². The highest BCUT2D eigenvalue weighted by Gasteiger charge is 2.30. The number of aromatic amines is 1. The highest BCUT2D eigenvalue weighted by molar-refractivity contribution is 5.78. The smallest absolute Gasteiger partial charge is 0.298 e. The van der Waals surface area contributed by atoms with Gasteiger partial charge in [0.15, 0.2) is 5.78 Å². The van der Waals surface area contributed by atoms with Crippen molar-refractivity contribution in [2.75, 3.05) is 0 Å². The maximum atomic E-state index is 12.8. The normalized spacial score (nSPS) is 12.2. The molecule has 0 saturated carbocycles. The van der Waals surface area contributed by atoms with Crippen LogP contribution in [0.15, 0.2) is 47.5 Å². The Balaban J connectivity index is 1.81. The van der Waals surface area contributed by atoms with Crippen LogP contribution in [0.5, 0.6) is 0 Å². The van der Waals surface area contributed by atoms with Gasteiger partial charge in [-0.25, -0.2) is 4.98 Å². The van der Waals surface area contributed by atoms with Crippen LogP contribution in [0.25, 0.3) is 11.3 Å². The fourth-order valence-electron chi connectivity index (χ4n) is 3.50. The van der Waals surface area contributed by atoms with Gasteiger partial charge in [-0.3, -0.25) is 19.3 Å². The van der Waals surface area contributed by atoms with E-state index in [-0.39, 0.29) is 48.7 Å². The number of rotatable bonds is 10. The van der Waals surface area contributed by atoms with Crippen LogP contribution in [0.3, 0.4) is 0 Å². The molecule has 35 heavy (non-hydrogen) atoms. The Kier molecular flexibility index (Phi) is 8.13. The highest BCUT2D eigenvalue weighted by atomic mass is 19.4. The van der Waals surface area contributed by atoms with Crippen LogP contribution in [0.4, 0.5) is 26.3 Å². The van der Waals surface area contributed by atoms with Crippen molar-refractivity contribution in [3.63, 3.8) is 0 Å². The molecule has 3 aromatic rings. The molecule has 2 heterocycles. The van der Waals surface area contributed by atoms with Gasteiger partial charge in [0.1, 0.15) is 5.82 Å². The summed E-state index contributed by atoms with van der Waals surface area (Å²) in [6.45, 7) is -0.355. The van der Waals surface area contributed by atoms with Gasteiger partial charge in [0.05, 0.1) is 24.0 Å². The number of carbonyl (C=O) groups is 1. The van der Waals surface area contributed by atoms with E-state index in [1.54, 1.807) is 12.4 Å². The molecule has 0 bridgehead atoms. The molecule has 0 aliphatic rings. The number of ketones is 1. The van der Waals surface area contributed by atoms with E-state index in [0.29, 0.717) is 12.8 Å². The van der Waals surface area contributed by atoms with Gasteiger partial charge in [-0.15, -0.1) is 0 Å². The van der Waals surface area contributed by atoms with Crippen molar-refractivity contribution in [3.05, 3.63) is 70.0 Å². The second kappa shape index (κ2) is 10.9. The number of aromatic nitrogens is 4. The van der Waals surface area contributed by atoms with Gasteiger partial charge < -0.3 is 0 Å². The monoisotopic (exact) mass is 500 g/mol. The van der Waals surface area contributed by atoms with Crippen molar-refractivity contribution >= 4 is 5.78 Å². The average Bonchev–Trinajstić information content (AvgIpc) is 3.28. The Labute approximate surface area is 196 Å². The Morgan fingerprint density at radius 3 is 2.31 bits per heavy atom. The van der Waals surface area contributed by atoms with Gasteiger partial charge in [-0.2, -0.15) is 31.4 Å². The first-order valence-corrected chi connectivity index (χ1v) is 10.8. The van der Waals surface area contributed by atoms with Gasteiger partial charge >= 0.3 is 12.4 Å². The van der Waals surface area contributed by atoms with Crippen molar-refractivity contribution < 1.29 is 31.1 Å². The van der Waals surface area contributed by atoms with Crippen LogP contribution >= 0.6 is 0 Å². The molecule has 0 spiro atoms. The van der Waals surface area contributed by atoms with Gasteiger partial charge in [0.25, 0.3) is 5.56 Å². The van der Waals surface area contributed by atoms with Gasteiger partial charge in [0.2, 0.25) is 0 Å². The maximum Gasteiger partial charge on any atom is 0.416 e. The van der Waals surface area contributed by atoms with Crippen LogP contribution < -0.4 is 5.56 Å². The van der Waals surface area contributed by atoms with Gasteiger partial charge in [0, 0.05) is 37.1 Å². The lowest BCUT2D eigenvalue weighted by Gasteiger charge is -2.14. The molecule has 0 atom stereocenters. The summed E-state index contributed by atoms with van der Waals surface area (Å²) in [5.41, 5.74) is -0.424. The molecular weight excluding hydrogens is 478 g/mol. The third-order valence-corrected chi connectivity index (χ3v) is 5.27. The summed E-state index contributed by atoms with van der Waals surface area (Å²) in [6, 6.07) is 4.99. The minimum absolute atomic E-state index is 0.0226. The maximum absolute atomic E-state index is 12.8. The summed E-state index contributed by atoms with van der Waals surface area (Å²) in [6.07, 6.45) is -6.11. The molecule has 0 aliphatic carbocycles. The number of H-pyrrole nitrogens is 1. The molecule has 1 aromatic carbocycles. The minimum atomic E-state index is -4.55. The number of hydrogen-bond acceptors (Lipinski definition) is 4. The van der Waals surface area contributed by atoms with E-state index < -0.39 is 29.9 Å². The first kappa shape index (κ1) is 26.2. The Bertz CT molecular complexity index is 1180. The third-order valence-electron chi connectivity index (χ3n) is 5.27. The van der Waals surface area contributed by atoms with E-state index in [4.69, 9.17) is 0 Å². The van der Waals surface area contributed by atoms with Crippen LogP contribution in [0.1, 0.15) is 42.6 Å². The van der Waals surface area contributed by atoms with Crippen molar-refractivity contribution in [1.82, 2.24) is 19.7 Å². The topological polar surface area (TPSA) is 80.6 Å². The Hall–Kier alpha value is -3.44. The number of hydrogen-bond donors (Lipinski definition) is 1. The number of alkyl halides is 6. The molecule has 2 aromatic heterocycles. The molecule has 0 unspecified atom stereocenters. The number of aryl methyl sites for hydroxylation is 2. The summed E-state index contributed by atoms with van der Waals surface area (Å²) in [4.78, 5) is 29.5. The molecule has 3 rings (SSSR count). The number of halogens is 6. The predicted molar refractivity (Wildman–Crippen MR) is 114 cm³/mol. The second-order valence-electron chi connectivity index (χ2n) is 8.02. The number of benzene rings is 1. The molecule has 0 fully saturated rings. The minimum Gasteiger partial charge on any atom is -0.298 e. The molecule has 0 radical (unpaired) electrons. The zero-order valence-corrected chi connectivity index (χ0v) is 18.4. The van der Waals surface area contributed by atoms with Crippen LogP contribution in [-0.2, 0) is 30.4 Å². The number of nitrogens with one attached hydrogen (secondary N) is 1. The lowest BCUT2D eigenvalue weighted by molar-refractivity contribution is -0.137. The standard InChI is InChI=1S/C23H22F6N4O2/c24-22(25,26)10-2-5-20-32-19(16-6-8-17(9-7-16)23(27,28)29)11-21(35)33(20)14-18(34)4-1-3-15-12-30-31-13-15/h6-9,11-13H,1-5,10,14H2,(H,30,31). The quantitative estimate of drug-likeness (QED) is 0.392. The molecular formula is C23H22F6N4O2. The van der Waals surface area contributed by atoms with Crippen LogP contribution in [0.2, 0.25) is 0 Å². The van der Waals surface area contributed by atoms with Crippen molar-refractivity contribution in [2.45, 2.75) is 57.4 Å². The third kappa shape index (κ3) is 7.79. The summed E-state index contributed by atoms with van der Waals surface area (Å²) < 4.78 is 77.4. The SMILES string of the molecule is O=C(CCCc1cn[nH]c1)Cn1c(CCCC(F)(F)F)nc(-c2ccc(C(F)(F)F)cc2)cc1=O. The molecule has 0 saturated heterocycles. The lowest BCUT2D eigenvalue weighted by atomic mass is 10.1. The molecule has 188 valence electrons. The average molecular weight is 500 g/mol. The van der Waals surface area contributed by atoms with Crippen molar-refractivity contribution in [2.24, 2.45) is 0 Å². The molecule has 0 aliphatic heterocycles. The largest absolute Gasteiger partial charge is 0.416 e. The first-order chi connectivity index (χ1) is 16.4. The van der Waals surface area contributed by atoms with Crippen LogP contribution in [-0.4, -0.2) is 31.7 Å². The number of nitrogens with zero attached hydrogens (tertiary/aromatic N) is 3. The fourth-order valence-corrected chi connectivity index (χ4v) is 3.50. The Morgan fingerprint density at radius 1 is 1.00 bits per heavy atom. The first-order valence-electron chi connectivity index (χ1n) is 10.8. The molecule has 1 N–H and O–H groups in total. The van der Waals surface area contributed by atoms with Gasteiger partial charge in [-0.1, -0.05) is 12.1 Å². The van der Waals surface area contributed by atoms with Crippen molar-refractivity contribution in [3.8, 4) is 11.3 Å². The van der Waals surface area contributed by atoms with E-state index in [0.717, 1.165) is 40.5 Å². The highest BCUT2D eigenvalue weighted by Crippen LogP contribution is 2.30. The zero-order chi connectivity index (χ0) is 25.6. The van der Waals surface area contributed by atoms with E-state index in [9.17, 15) is 35.9 Å². The summed E-state index contributed by atoms with van der Waals surface area (Å²) in [5.74, 6) is -0.323. The zero-order valence-electron chi connectivity index (χ0n) is 18.4. The second-order valence-corrected chi connectivity index (χ2v) is 8.02. The predicted octanol–water partition coefficient (Wildman–Crippen LogP) is 5.13. The number of Topliss-reactive ketones (excluding diaryl/α,β-unsaturated/α-hetero) is 1. The number of carbonyl (C=O) groups excluding carboxylic acids is 1. The summed E-state index contributed by atoms with van der Waals surface area (Å²) >= 11 is 0. The molecule has 12 heteroatoms.